The number of methoxy groups -OCH3 is 1. The largest absolute Gasteiger partial charge is 0.497 e. The third kappa shape index (κ3) is 2.14. The van der Waals surface area contributed by atoms with Crippen molar-refractivity contribution >= 4 is 5.91 Å². The molecule has 1 N–H and O–H groups in total. The van der Waals surface area contributed by atoms with E-state index in [-0.39, 0.29) is 5.91 Å². The molecule has 1 amide bonds. The molecule has 0 bridgehead atoms. The van der Waals surface area contributed by atoms with Crippen molar-refractivity contribution in [3.8, 4) is 5.75 Å². The van der Waals surface area contributed by atoms with Crippen molar-refractivity contribution in [2.45, 2.75) is 31.0 Å². The molecule has 1 heterocycles. The third-order valence-corrected chi connectivity index (χ3v) is 3.89. The standard InChI is InChI=1S/C14H16F2N2O2/c1-20-10-4-2-3-9(7-10)12-17-14(5-6-14)13(19)18(12)8-11(15)16/h2-4,7,11-12,17H,5-6,8H2,1H3. The summed E-state index contributed by atoms with van der Waals surface area (Å²) in [5, 5.41) is 3.20. The Morgan fingerprint density at radius 2 is 2.25 bits per heavy atom. The van der Waals surface area contributed by atoms with Crippen LogP contribution in [0.15, 0.2) is 24.3 Å². The van der Waals surface area contributed by atoms with Crippen LogP contribution in [0.25, 0.3) is 0 Å². The number of rotatable bonds is 4. The van der Waals surface area contributed by atoms with E-state index in [0.717, 1.165) is 5.56 Å². The quantitative estimate of drug-likeness (QED) is 0.917. The highest BCUT2D eigenvalue weighted by molar-refractivity contribution is 5.92. The van der Waals surface area contributed by atoms with Gasteiger partial charge in [-0.25, -0.2) is 8.78 Å². The first-order valence-corrected chi connectivity index (χ1v) is 6.57. The Morgan fingerprint density at radius 1 is 1.50 bits per heavy atom. The smallest absolute Gasteiger partial charge is 0.255 e. The highest BCUT2D eigenvalue weighted by atomic mass is 19.3. The number of hydrogen-bond acceptors (Lipinski definition) is 3. The molecule has 1 aromatic rings. The SMILES string of the molecule is COc1cccc(C2NC3(CC3)C(=O)N2CC(F)F)c1. The summed E-state index contributed by atoms with van der Waals surface area (Å²) >= 11 is 0. The lowest BCUT2D eigenvalue weighted by atomic mass is 10.1. The van der Waals surface area contributed by atoms with Gasteiger partial charge in [0, 0.05) is 0 Å². The molecule has 1 unspecified atom stereocenters. The first-order chi connectivity index (χ1) is 9.55. The van der Waals surface area contributed by atoms with Gasteiger partial charge in [0.15, 0.2) is 0 Å². The highest BCUT2D eigenvalue weighted by Gasteiger charge is 2.59. The van der Waals surface area contributed by atoms with Gasteiger partial charge >= 0.3 is 0 Å². The molecule has 1 saturated heterocycles. The minimum atomic E-state index is -2.54. The molecule has 0 radical (unpaired) electrons. The predicted molar refractivity (Wildman–Crippen MR) is 68.6 cm³/mol. The first kappa shape index (κ1) is 13.3. The number of hydrogen-bond donors (Lipinski definition) is 1. The Hall–Kier alpha value is -1.69. The van der Waals surface area contributed by atoms with Gasteiger partial charge in [-0.2, -0.15) is 0 Å². The van der Waals surface area contributed by atoms with E-state index < -0.39 is 24.7 Å². The van der Waals surface area contributed by atoms with Gasteiger partial charge in [-0.05, 0) is 30.5 Å². The Labute approximate surface area is 115 Å². The summed E-state index contributed by atoms with van der Waals surface area (Å²) in [5.74, 6) is 0.427. The van der Waals surface area contributed by atoms with Crippen LogP contribution in [0, 0.1) is 0 Å². The molecule has 1 aromatic carbocycles. The molecule has 1 aliphatic carbocycles. The fraction of sp³-hybridized carbons (Fsp3) is 0.500. The van der Waals surface area contributed by atoms with Crippen LogP contribution in [0.1, 0.15) is 24.6 Å². The molecule has 2 fully saturated rings. The normalized spacial score (nSPS) is 23.7. The van der Waals surface area contributed by atoms with E-state index in [4.69, 9.17) is 4.74 Å². The zero-order chi connectivity index (χ0) is 14.3. The van der Waals surface area contributed by atoms with E-state index in [1.165, 1.54) is 4.90 Å². The molecule has 1 atom stereocenters. The van der Waals surface area contributed by atoms with E-state index >= 15 is 0 Å². The third-order valence-electron chi connectivity index (χ3n) is 3.89. The number of halogens is 2. The van der Waals surface area contributed by atoms with Crippen LogP contribution < -0.4 is 10.1 Å². The first-order valence-electron chi connectivity index (χ1n) is 6.57. The van der Waals surface area contributed by atoms with Crippen LogP contribution >= 0.6 is 0 Å². The molecular formula is C14H16F2N2O2. The van der Waals surface area contributed by atoms with Crippen LogP contribution in [0.4, 0.5) is 8.78 Å². The van der Waals surface area contributed by atoms with E-state index in [9.17, 15) is 13.6 Å². The lowest BCUT2D eigenvalue weighted by Crippen LogP contribution is -2.35. The Bertz CT molecular complexity index is 532. The van der Waals surface area contributed by atoms with Gasteiger partial charge in [-0.1, -0.05) is 12.1 Å². The monoisotopic (exact) mass is 282 g/mol. The number of carbonyl (C=O) groups excluding carboxylic acids is 1. The lowest BCUT2D eigenvalue weighted by Gasteiger charge is -2.24. The second-order valence-electron chi connectivity index (χ2n) is 5.25. The van der Waals surface area contributed by atoms with Crippen LogP contribution in [0.3, 0.4) is 0 Å². The van der Waals surface area contributed by atoms with Gasteiger partial charge in [0.2, 0.25) is 5.91 Å². The van der Waals surface area contributed by atoms with Crippen LogP contribution in [-0.4, -0.2) is 36.4 Å². The second kappa shape index (κ2) is 4.70. The fourth-order valence-electron chi connectivity index (χ4n) is 2.69. The van der Waals surface area contributed by atoms with E-state index in [1.807, 2.05) is 6.07 Å². The minimum Gasteiger partial charge on any atom is -0.497 e. The number of nitrogens with one attached hydrogen (secondary N) is 1. The summed E-state index contributed by atoms with van der Waals surface area (Å²) in [7, 11) is 1.55. The molecule has 108 valence electrons. The summed E-state index contributed by atoms with van der Waals surface area (Å²) in [4.78, 5) is 13.5. The molecule has 2 aliphatic rings. The highest BCUT2D eigenvalue weighted by Crippen LogP contribution is 2.46. The zero-order valence-corrected chi connectivity index (χ0v) is 11.1. The minimum absolute atomic E-state index is 0.217. The lowest BCUT2D eigenvalue weighted by molar-refractivity contribution is -0.132. The van der Waals surface area contributed by atoms with E-state index in [2.05, 4.69) is 5.32 Å². The van der Waals surface area contributed by atoms with Gasteiger partial charge in [0.25, 0.3) is 6.43 Å². The van der Waals surface area contributed by atoms with Gasteiger partial charge in [-0.15, -0.1) is 0 Å². The van der Waals surface area contributed by atoms with Crippen LogP contribution in [-0.2, 0) is 4.79 Å². The maximum atomic E-state index is 12.7. The van der Waals surface area contributed by atoms with Crippen molar-refractivity contribution in [2.24, 2.45) is 0 Å². The van der Waals surface area contributed by atoms with Crippen LogP contribution in [0.2, 0.25) is 0 Å². The molecule has 3 rings (SSSR count). The molecule has 1 spiro atoms. The van der Waals surface area contributed by atoms with E-state index in [0.29, 0.717) is 18.6 Å². The average molecular weight is 282 g/mol. The van der Waals surface area contributed by atoms with Crippen molar-refractivity contribution in [1.82, 2.24) is 10.2 Å². The number of benzene rings is 1. The second-order valence-corrected chi connectivity index (χ2v) is 5.25. The fourth-order valence-corrected chi connectivity index (χ4v) is 2.69. The van der Waals surface area contributed by atoms with Gasteiger partial charge in [0.05, 0.1) is 13.7 Å². The van der Waals surface area contributed by atoms with Crippen molar-refractivity contribution in [3.63, 3.8) is 0 Å². The van der Waals surface area contributed by atoms with Crippen molar-refractivity contribution in [3.05, 3.63) is 29.8 Å². The number of ether oxygens (including phenoxy) is 1. The molecule has 6 heteroatoms. The number of nitrogens with zero attached hydrogens (tertiary/aromatic N) is 1. The van der Waals surface area contributed by atoms with Crippen molar-refractivity contribution in [2.75, 3.05) is 13.7 Å². The molecular weight excluding hydrogens is 266 g/mol. The molecule has 1 saturated carbocycles. The van der Waals surface area contributed by atoms with Gasteiger partial charge in [-0.3, -0.25) is 10.1 Å². The van der Waals surface area contributed by atoms with Crippen molar-refractivity contribution in [1.29, 1.82) is 0 Å². The molecule has 20 heavy (non-hydrogen) atoms. The van der Waals surface area contributed by atoms with Crippen molar-refractivity contribution < 1.29 is 18.3 Å². The molecule has 0 aromatic heterocycles. The Morgan fingerprint density at radius 3 is 2.85 bits per heavy atom. The average Bonchev–Trinajstić information content (AvgIpc) is 3.17. The van der Waals surface area contributed by atoms with Gasteiger partial charge in [0.1, 0.15) is 17.5 Å². The molecule has 4 nitrogen and oxygen atoms in total. The number of alkyl halides is 2. The van der Waals surface area contributed by atoms with E-state index in [1.54, 1.807) is 25.3 Å². The maximum Gasteiger partial charge on any atom is 0.255 e. The van der Waals surface area contributed by atoms with Gasteiger partial charge < -0.3 is 9.64 Å². The zero-order valence-electron chi connectivity index (χ0n) is 11.1. The molecule has 1 aliphatic heterocycles. The Balaban J connectivity index is 1.91. The summed E-state index contributed by atoms with van der Waals surface area (Å²) in [5.41, 5.74) is 0.157. The summed E-state index contributed by atoms with van der Waals surface area (Å²) in [6, 6.07) is 7.15. The number of amides is 1. The summed E-state index contributed by atoms with van der Waals surface area (Å²) in [6.07, 6.45) is -1.62. The maximum absolute atomic E-state index is 12.7. The Kier molecular flexibility index (Phi) is 3.12. The number of carbonyl (C=O) groups is 1. The summed E-state index contributed by atoms with van der Waals surface area (Å²) in [6.45, 7) is -0.546. The van der Waals surface area contributed by atoms with Crippen LogP contribution in [0.5, 0.6) is 5.75 Å². The topological polar surface area (TPSA) is 41.6 Å². The predicted octanol–water partition coefficient (Wildman–Crippen LogP) is 1.92. The summed E-state index contributed by atoms with van der Waals surface area (Å²) < 4.78 is 30.6.